The van der Waals surface area contributed by atoms with Crippen LogP contribution >= 0.6 is 0 Å². The fraction of sp³-hybridized carbons (Fsp3) is 0.538. The lowest BCUT2D eigenvalue weighted by Crippen LogP contribution is -2.18. The topological polar surface area (TPSA) is 30.5 Å². The molecule has 1 aromatic carbocycles. The Labute approximate surface area is 97.8 Å². The van der Waals surface area contributed by atoms with E-state index in [4.69, 9.17) is 9.47 Å². The zero-order chi connectivity index (χ0) is 11.8. The average Bonchev–Trinajstić information content (AvgIpc) is 2.34. The molecule has 0 amide bonds. The van der Waals surface area contributed by atoms with Gasteiger partial charge < -0.3 is 14.8 Å². The van der Waals surface area contributed by atoms with E-state index in [-0.39, 0.29) is 0 Å². The second-order valence-electron chi connectivity index (χ2n) is 3.68. The fourth-order valence-corrected chi connectivity index (χ4v) is 1.60. The number of methoxy groups -OCH3 is 2. The third kappa shape index (κ3) is 3.74. The summed E-state index contributed by atoms with van der Waals surface area (Å²) in [6, 6.07) is 5.91. The van der Waals surface area contributed by atoms with Gasteiger partial charge in [-0.25, -0.2) is 0 Å². The summed E-state index contributed by atoms with van der Waals surface area (Å²) in [6.07, 6.45) is 2.12. The van der Waals surface area contributed by atoms with Crippen LogP contribution in [-0.2, 0) is 6.42 Å². The lowest BCUT2D eigenvalue weighted by Gasteiger charge is -2.10. The van der Waals surface area contributed by atoms with E-state index in [9.17, 15) is 0 Å². The predicted molar refractivity (Wildman–Crippen MR) is 66.4 cm³/mol. The Morgan fingerprint density at radius 1 is 1.12 bits per heavy atom. The molecule has 3 heteroatoms. The van der Waals surface area contributed by atoms with Crippen molar-refractivity contribution in [2.45, 2.75) is 19.8 Å². The second-order valence-corrected chi connectivity index (χ2v) is 3.68. The number of rotatable bonds is 7. The molecule has 1 N–H and O–H groups in total. The van der Waals surface area contributed by atoms with E-state index in [2.05, 4.69) is 12.2 Å². The van der Waals surface area contributed by atoms with E-state index in [1.807, 2.05) is 18.2 Å². The lowest BCUT2D eigenvalue weighted by molar-refractivity contribution is 0.398. The largest absolute Gasteiger partial charge is 0.497 e. The van der Waals surface area contributed by atoms with E-state index >= 15 is 0 Å². The van der Waals surface area contributed by atoms with Gasteiger partial charge in [0.15, 0.2) is 0 Å². The van der Waals surface area contributed by atoms with Crippen LogP contribution in [0, 0.1) is 0 Å². The summed E-state index contributed by atoms with van der Waals surface area (Å²) in [5.74, 6) is 1.81. The van der Waals surface area contributed by atoms with Crippen LogP contribution in [0.5, 0.6) is 11.5 Å². The molecule has 0 bridgehead atoms. The first-order valence-electron chi connectivity index (χ1n) is 5.73. The van der Waals surface area contributed by atoms with E-state index in [0.717, 1.165) is 37.4 Å². The van der Waals surface area contributed by atoms with Crippen molar-refractivity contribution in [2.75, 3.05) is 27.3 Å². The van der Waals surface area contributed by atoms with Crippen molar-refractivity contribution in [3.8, 4) is 11.5 Å². The monoisotopic (exact) mass is 223 g/mol. The van der Waals surface area contributed by atoms with Gasteiger partial charge in [0.05, 0.1) is 14.2 Å². The van der Waals surface area contributed by atoms with Crippen LogP contribution in [0.15, 0.2) is 18.2 Å². The number of hydrogen-bond donors (Lipinski definition) is 1. The summed E-state index contributed by atoms with van der Waals surface area (Å²) < 4.78 is 10.5. The molecule has 3 nitrogen and oxygen atoms in total. The van der Waals surface area contributed by atoms with Crippen LogP contribution in [0.25, 0.3) is 0 Å². The minimum absolute atomic E-state index is 0.881. The summed E-state index contributed by atoms with van der Waals surface area (Å²) in [7, 11) is 3.38. The molecule has 1 rings (SSSR count). The number of hydrogen-bond acceptors (Lipinski definition) is 3. The average molecular weight is 223 g/mol. The molecular formula is C13H21NO2. The number of benzene rings is 1. The van der Waals surface area contributed by atoms with Gasteiger partial charge in [0.1, 0.15) is 11.5 Å². The highest BCUT2D eigenvalue weighted by Crippen LogP contribution is 2.23. The normalized spacial score (nSPS) is 10.2. The Morgan fingerprint density at radius 2 is 1.94 bits per heavy atom. The van der Waals surface area contributed by atoms with Crippen LogP contribution in [0.2, 0.25) is 0 Å². The van der Waals surface area contributed by atoms with Gasteiger partial charge in [-0.3, -0.25) is 0 Å². The van der Waals surface area contributed by atoms with Gasteiger partial charge in [-0.05, 0) is 49.7 Å². The molecule has 0 fully saturated rings. The zero-order valence-electron chi connectivity index (χ0n) is 10.4. The molecule has 0 spiro atoms. The standard InChI is InChI=1S/C13H21NO2/c1-4-8-14-9-7-11-10-12(15-2)5-6-13(11)16-3/h5-6,10,14H,4,7-9H2,1-3H3. The van der Waals surface area contributed by atoms with Crippen molar-refractivity contribution in [3.63, 3.8) is 0 Å². The molecule has 0 atom stereocenters. The lowest BCUT2D eigenvalue weighted by atomic mass is 10.1. The second kappa shape index (κ2) is 7.12. The van der Waals surface area contributed by atoms with Crippen LogP contribution in [-0.4, -0.2) is 27.3 Å². The Balaban J connectivity index is 2.60. The summed E-state index contributed by atoms with van der Waals surface area (Å²) in [5, 5.41) is 3.38. The van der Waals surface area contributed by atoms with Gasteiger partial charge >= 0.3 is 0 Å². The van der Waals surface area contributed by atoms with Gasteiger partial charge in [0, 0.05) is 0 Å². The summed E-state index contributed by atoms with van der Waals surface area (Å²) in [4.78, 5) is 0. The van der Waals surface area contributed by atoms with Crippen LogP contribution in [0.4, 0.5) is 0 Å². The third-order valence-electron chi connectivity index (χ3n) is 2.49. The molecule has 0 radical (unpaired) electrons. The fourth-order valence-electron chi connectivity index (χ4n) is 1.60. The van der Waals surface area contributed by atoms with Crippen molar-refractivity contribution in [1.29, 1.82) is 0 Å². The van der Waals surface area contributed by atoms with Gasteiger partial charge in [0.2, 0.25) is 0 Å². The predicted octanol–water partition coefficient (Wildman–Crippen LogP) is 2.25. The van der Waals surface area contributed by atoms with Crippen molar-refractivity contribution in [1.82, 2.24) is 5.32 Å². The maximum Gasteiger partial charge on any atom is 0.122 e. The smallest absolute Gasteiger partial charge is 0.122 e. The molecule has 0 unspecified atom stereocenters. The highest BCUT2D eigenvalue weighted by atomic mass is 16.5. The molecule has 0 aliphatic heterocycles. The Morgan fingerprint density at radius 3 is 2.56 bits per heavy atom. The van der Waals surface area contributed by atoms with E-state index < -0.39 is 0 Å². The van der Waals surface area contributed by atoms with E-state index in [1.165, 1.54) is 5.56 Å². The molecule has 1 aromatic rings. The molecule has 0 saturated heterocycles. The highest BCUT2D eigenvalue weighted by molar-refractivity contribution is 5.40. The Bertz CT molecular complexity index is 313. The molecule has 90 valence electrons. The number of nitrogens with one attached hydrogen (secondary N) is 1. The Kier molecular flexibility index (Phi) is 5.72. The molecule has 16 heavy (non-hydrogen) atoms. The molecule has 0 saturated carbocycles. The Hall–Kier alpha value is -1.22. The third-order valence-corrected chi connectivity index (χ3v) is 2.49. The first kappa shape index (κ1) is 12.8. The highest BCUT2D eigenvalue weighted by Gasteiger charge is 2.04. The molecule has 0 heterocycles. The summed E-state index contributed by atoms with van der Waals surface area (Å²) in [6.45, 7) is 4.20. The van der Waals surface area contributed by atoms with Crippen molar-refractivity contribution in [3.05, 3.63) is 23.8 Å². The van der Waals surface area contributed by atoms with Gasteiger partial charge in [-0.1, -0.05) is 6.92 Å². The first-order chi connectivity index (χ1) is 7.81. The molecular weight excluding hydrogens is 202 g/mol. The summed E-state index contributed by atoms with van der Waals surface area (Å²) in [5.41, 5.74) is 1.19. The minimum atomic E-state index is 0.881. The van der Waals surface area contributed by atoms with Crippen LogP contribution in [0.1, 0.15) is 18.9 Å². The first-order valence-corrected chi connectivity index (χ1v) is 5.73. The molecule has 0 aliphatic carbocycles. The SMILES string of the molecule is CCCNCCc1cc(OC)ccc1OC. The van der Waals surface area contributed by atoms with E-state index in [0.29, 0.717) is 0 Å². The van der Waals surface area contributed by atoms with Gasteiger partial charge in [-0.15, -0.1) is 0 Å². The quantitative estimate of drug-likeness (QED) is 0.719. The zero-order valence-corrected chi connectivity index (χ0v) is 10.4. The van der Waals surface area contributed by atoms with Gasteiger partial charge in [-0.2, -0.15) is 0 Å². The van der Waals surface area contributed by atoms with Gasteiger partial charge in [0.25, 0.3) is 0 Å². The minimum Gasteiger partial charge on any atom is -0.497 e. The van der Waals surface area contributed by atoms with E-state index in [1.54, 1.807) is 14.2 Å². The van der Waals surface area contributed by atoms with Crippen molar-refractivity contribution in [2.24, 2.45) is 0 Å². The van der Waals surface area contributed by atoms with Crippen LogP contribution in [0.3, 0.4) is 0 Å². The maximum atomic E-state index is 5.32. The van der Waals surface area contributed by atoms with Crippen molar-refractivity contribution < 1.29 is 9.47 Å². The molecule has 0 aliphatic rings. The molecule has 0 aromatic heterocycles. The van der Waals surface area contributed by atoms with Crippen LogP contribution < -0.4 is 14.8 Å². The summed E-state index contributed by atoms with van der Waals surface area (Å²) >= 11 is 0. The maximum absolute atomic E-state index is 5.32. The van der Waals surface area contributed by atoms with Crippen molar-refractivity contribution >= 4 is 0 Å². The number of ether oxygens (including phenoxy) is 2.